The molecule has 1 nitrogen and oxygen atoms in total. The van der Waals surface area contributed by atoms with Crippen molar-refractivity contribution in [3.8, 4) is 0 Å². The Morgan fingerprint density at radius 1 is 1.25 bits per heavy atom. The summed E-state index contributed by atoms with van der Waals surface area (Å²) >= 11 is 4.61. The number of nitrogens with zero attached hydrogens (tertiary/aromatic N) is 1. The molecule has 1 atom stereocenters. The van der Waals surface area contributed by atoms with Gasteiger partial charge in [0.2, 0.25) is 0 Å². The van der Waals surface area contributed by atoms with E-state index < -0.39 is 0 Å². The Balaban J connectivity index is 2.42. The third-order valence-electron chi connectivity index (χ3n) is 4.18. The second kappa shape index (κ2) is 6.90. The van der Waals surface area contributed by atoms with E-state index in [1.165, 1.54) is 51.6 Å². The highest BCUT2D eigenvalue weighted by molar-refractivity contribution is 7.80. The van der Waals surface area contributed by atoms with Crippen molar-refractivity contribution in [2.24, 2.45) is 11.3 Å². The molecule has 0 aromatic heterocycles. The first-order valence-electron chi connectivity index (χ1n) is 6.91. The summed E-state index contributed by atoms with van der Waals surface area (Å²) in [7, 11) is 2.28. The molecule has 1 saturated carbocycles. The summed E-state index contributed by atoms with van der Waals surface area (Å²) < 4.78 is 0. The second-order valence-corrected chi connectivity index (χ2v) is 6.25. The summed E-state index contributed by atoms with van der Waals surface area (Å²) in [6, 6.07) is 0. The number of hydrogen-bond donors (Lipinski definition) is 1. The van der Waals surface area contributed by atoms with Crippen LogP contribution in [0.15, 0.2) is 0 Å². The molecule has 0 saturated heterocycles. The summed E-state index contributed by atoms with van der Waals surface area (Å²) in [5, 5.41) is 0. The molecular formula is C14H29NS. The Hall–Kier alpha value is 0.310. The highest BCUT2D eigenvalue weighted by Crippen LogP contribution is 2.37. The van der Waals surface area contributed by atoms with Crippen molar-refractivity contribution in [1.29, 1.82) is 0 Å². The molecule has 1 unspecified atom stereocenters. The van der Waals surface area contributed by atoms with Crippen LogP contribution in [0.1, 0.15) is 52.4 Å². The van der Waals surface area contributed by atoms with Crippen molar-refractivity contribution >= 4 is 12.6 Å². The lowest BCUT2D eigenvalue weighted by molar-refractivity contribution is 0.134. The first kappa shape index (κ1) is 14.4. The van der Waals surface area contributed by atoms with Gasteiger partial charge < -0.3 is 4.90 Å². The van der Waals surface area contributed by atoms with E-state index in [0.717, 1.165) is 11.7 Å². The molecular weight excluding hydrogens is 214 g/mol. The summed E-state index contributed by atoms with van der Waals surface area (Å²) in [4.78, 5) is 2.54. The predicted octanol–water partition coefficient (Wildman–Crippen LogP) is 3.84. The Labute approximate surface area is 107 Å². The number of rotatable bonds is 6. The Kier molecular flexibility index (Phi) is 6.20. The molecule has 0 spiro atoms. The highest BCUT2D eigenvalue weighted by Gasteiger charge is 2.31. The standard InChI is InChI=1S/C14H29NS/c1-4-13(2)10-15(3)11-14(12-16)8-6-5-7-9-14/h13,16H,4-12H2,1-3H3. The van der Waals surface area contributed by atoms with Crippen molar-refractivity contribution in [1.82, 2.24) is 4.90 Å². The second-order valence-electron chi connectivity index (χ2n) is 5.93. The maximum Gasteiger partial charge on any atom is 0.00429 e. The van der Waals surface area contributed by atoms with Gasteiger partial charge in [0.05, 0.1) is 0 Å². The minimum Gasteiger partial charge on any atom is -0.306 e. The largest absolute Gasteiger partial charge is 0.306 e. The molecule has 1 aliphatic rings. The SMILES string of the molecule is CCC(C)CN(C)CC1(CS)CCCCC1. The number of hydrogen-bond acceptors (Lipinski definition) is 2. The van der Waals surface area contributed by atoms with E-state index in [9.17, 15) is 0 Å². The molecule has 1 rings (SSSR count). The lowest BCUT2D eigenvalue weighted by atomic mass is 9.75. The van der Waals surface area contributed by atoms with E-state index in [-0.39, 0.29) is 0 Å². The molecule has 0 heterocycles. The molecule has 0 amide bonds. The maximum atomic E-state index is 4.61. The van der Waals surface area contributed by atoms with E-state index in [2.05, 4.69) is 38.4 Å². The third kappa shape index (κ3) is 4.29. The van der Waals surface area contributed by atoms with E-state index >= 15 is 0 Å². The molecule has 0 aromatic carbocycles. The molecule has 0 bridgehead atoms. The van der Waals surface area contributed by atoms with Gasteiger partial charge in [0.15, 0.2) is 0 Å². The Bertz CT molecular complexity index is 187. The molecule has 0 aliphatic heterocycles. The van der Waals surface area contributed by atoms with Gasteiger partial charge in [-0.15, -0.1) is 0 Å². The van der Waals surface area contributed by atoms with Crippen LogP contribution in [0.25, 0.3) is 0 Å². The molecule has 1 fully saturated rings. The summed E-state index contributed by atoms with van der Waals surface area (Å²) in [5.41, 5.74) is 0.517. The van der Waals surface area contributed by atoms with Gasteiger partial charge in [-0.2, -0.15) is 12.6 Å². The van der Waals surface area contributed by atoms with Gasteiger partial charge in [0, 0.05) is 13.1 Å². The topological polar surface area (TPSA) is 3.24 Å². The van der Waals surface area contributed by atoms with Crippen LogP contribution in [0.2, 0.25) is 0 Å². The van der Waals surface area contributed by atoms with Gasteiger partial charge in [0.1, 0.15) is 0 Å². The van der Waals surface area contributed by atoms with Gasteiger partial charge >= 0.3 is 0 Å². The van der Waals surface area contributed by atoms with E-state index in [1.807, 2.05) is 0 Å². The fourth-order valence-corrected chi connectivity index (χ4v) is 3.38. The average Bonchev–Trinajstić information content (AvgIpc) is 2.29. The number of thiol groups is 1. The minimum atomic E-state index is 0.517. The average molecular weight is 243 g/mol. The Morgan fingerprint density at radius 3 is 2.38 bits per heavy atom. The van der Waals surface area contributed by atoms with Crippen LogP contribution in [-0.2, 0) is 0 Å². The summed E-state index contributed by atoms with van der Waals surface area (Å²) in [6.45, 7) is 7.13. The quantitative estimate of drug-likeness (QED) is 0.694. The maximum absolute atomic E-state index is 4.61. The van der Waals surface area contributed by atoms with E-state index in [0.29, 0.717) is 5.41 Å². The van der Waals surface area contributed by atoms with Gasteiger partial charge in [0.25, 0.3) is 0 Å². The van der Waals surface area contributed by atoms with Crippen LogP contribution in [0.3, 0.4) is 0 Å². The van der Waals surface area contributed by atoms with Crippen molar-refractivity contribution in [2.75, 3.05) is 25.9 Å². The highest BCUT2D eigenvalue weighted by atomic mass is 32.1. The van der Waals surface area contributed by atoms with Crippen molar-refractivity contribution < 1.29 is 0 Å². The first-order valence-corrected chi connectivity index (χ1v) is 7.54. The molecule has 0 aromatic rings. The van der Waals surface area contributed by atoms with Crippen LogP contribution in [0.5, 0.6) is 0 Å². The van der Waals surface area contributed by atoms with Gasteiger partial charge in [-0.05, 0) is 37.0 Å². The van der Waals surface area contributed by atoms with Crippen molar-refractivity contribution in [3.05, 3.63) is 0 Å². The van der Waals surface area contributed by atoms with Crippen LogP contribution < -0.4 is 0 Å². The monoisotopic (exact) mass is 243 g/mol. The molecule has 0 N–H and O–H groups in total. The fourth-order valence-electron chi connectivity index (χ4n) is 2.97. The van der Waals surface area contributed by atoms with Crippen LogP contribution >= 0.6 is 12.6 Å². The lowest BCUT2D eigenvalue weighted by Gasteiger charge is -2.39. The van der Waals surface area contributed by atoms with E-state index in [1.54, 1.807) is 0 Å². The van der Waals surface area contributed by atoms with Crippen molar-refractivity contribution in [3.63, 3.8) is 0 Å². The van der Waals surface area contributed by atoms with Crippen LogP contribution in [0.4, 0.5) is 0 Å². The third-order valence-corrected chi connectivity index (χ3v) is 4.85. The molecule has 96 valence electrons. The smallest absolute Gasteiger partial charge is 0.00429 e. The minimum absolute atomic E-state index is 0.517. The summed E-state index contributed by atoms with van der Waals surface area (Å²) in [5.74, 6) is 1.89. The zero-order chi connectivity index (χ0) is 12.0. The first-order chi connectivity index (χ1) is 7.62. The Morgan fingerprint density at radius 2 is 1.88 bits per heavy atom. The molecule has 2 heteroatoms. The molecule has 1 aliphatic carbocycles. The van der Waals surface area contributed by atoms with Gasteiger partial charge in [-0.3, -0.25) is 0 Å². The van der Waals surface area contributed by atoms with E-state index in [4.69, 9.17) is 0 Å². The molecule has 0 radical (unpaired) electrons. The van der Waals surface area contributed by atoms with Crippen LogP contribution in [0, 0.1) is 11.3 Å². The fraction of sp³-hybridized carbons (Fsp3) is 1.00. The molecule has 16 heavy (non-hydrogen) atoms. The van der Waals surface area contributed by atoms with Crippen LogP contribution in [-0.4, -0.2) is 30.8 Å². The lowest BCUT2D eigenvalue weighted by Crippen LogP contribution is -2.40. The van der Waals surface area contributed by atoms with Gasteiger partial charge in [-0.1, -0.05) is 39.5 Å². The summed E-state index contributed by atoms with van der Waals surface area (Å²) in [6.07, 6.45) is 8.33. The van der Waals surface area contributed by atoms with Gasteiger partial charge in [-0.25, -0.2) is 0 Å². The zero-order valence-electron chi connectivity index (χ0n) is 11.3. The zero-order valence-corrected chi connectivity index (χ0v) is 12.2. The van der Waals surface area contributed by atoms with Crippen molar-refractivity contribution in [2.45, 2.75) is 52.4 Å². The normalized spacial score (nSPS) is 22.3. The predicted molar refractivity (Wildman–Crippen MR) is 76.3 cm³/mol.